The molecule has 0 fully saturated rings. The van der Waals surface area contributed by atoms with Gasteiger partial charge in [-0.1, -0.05) is 34.1 Å². The smallest absolute Gasteiger partial charge is 0.326 e. The van der Waals surface area contributed by atoms with Gasteiger partial charge >= 0.3 is 5.97 Å². The number of unbranched alkanes of at least 4 members (excludes halogenated alkanes) is 1. The topological polar surface area (TPSA) is 177 Å². The van der Waals surface area contributed by atoms with Crippen LogP contribution in [0.4, 0.5) is 0 Å². The molecule has 0 aliphatic carbocycles. The maximum atomic E-state index is 13.0. The zero-order chi connectivity index (χ0) is 24.1. The monoisotopic (exact) mass is 443 g/mol. The molecule has 8 N–H and O–H groups in total. The Morgan fingerprint density at radius 3 is 1.90 bits per heavy atom. The van der Waals surface area contributed by atoms with Crippen molar-refractivity contribution in [2.24, 2.45) is 23.3 Å². The Kier molecular flexibility index (Phi) is 13.7. The van der Waals surface area contributed by atoms with E-state index in [1.54, 1.807) is 0 Å². The fourth-order valence-corrected chi connectivity index (χ4v) is 2.97. The minimum atomic E-state index is -1.13. The second-order valence-electron chi connectivity index (χ2n) is 8.54. The number of carboxylic acids is 1. The van der Waals surface area contributed by atoms with Gasteiger partial charge < -0.3 is 32.5 Å². The molecule has 0 aliphatic heterocycles. The molecule has 0 heterocycles. The van der Waals surface area contributed by atoms with Crippen molar-refractivity contribution in [3.8, 4) is 0 Å². The van der Waals surface area contributed by atoms with E-state index in [2.05, 4.69) is 16.0 Å². The van der Waals surface area contributed by atoms with Crippen LogP contribution in [0.5, 0.6) is 0 Å². The van der Waals surface area contributed by atoms with Gasteiger partial charge in [-0.2, -0.15) is 0 Å². The maximum Gasteiger partial charge on any atom is 0.326 e. The van der Waals surface area contributed by atoms with Crippen LogP contribution in [0.15, 0.2) is 0 Å². The highest BCUT2D eigenvalue weighted by atomic mass is 16.4. The van der Waals surface area contributed by atoms with E-state index in [-0.39, 0.29) is 18.3 Å². The van der Waals surface area contributed by atoms with E-state index in [1.807, 2.05) is 27.7 Å². The van der Waals surface area contributed by atoms with Gasteiger partial charge in [0.1, 0.15) is 18.1 Å². The summed E-state index contributed by atoms with van der Waals surface area (Å²) in [6.45, 7) is 9.38. The molecule has 0 saturated heterocycles. The lowest BCUT2D eigenvalue weighted by Crippen LogP contribution is -2.58. The van der Waals surface area contributed by atoms with Gasteiger partial charge in [0.2, 0.25) is 17.7 Å². The first-order valence-corrected chi connectivity index (χ1v) is 11.0. The summed E-state index contributed by atoms with van der Waals surface area (Å²) in [7, 11) is 0. The van der Waals surface area contributed by atoms with Gasteiger partial charge in [0, 0.05) is 0 Å². The fourth-order valence-electron chi connectivity index (χ4n) is 2.97. The van der Waals surface area contributed by atoms with Crippen molar-refractivity contribution >= 4 is 23.7 Å². The molecule has 0 aromatic heterocycles. The minimum Gasteiger partial charge on any atom is -0.480 e. The van der Waals surface area contributed by atoms with E-state index in [4.69, 9.17) is 11.5 Å². The lowest BCUT2D eigenvalue weighted by molar-refractivity contribution is -0.143. The largest absolute Gasteiger partial charge is 0.480 e. The molecule has 0 rings (SSSR count). The van der Waals surface area contributed by atoms with Crippen molar-refractivity contribution in [2.75, 3.05) is 6.54 Å². The Balaban J connectivity index is 5.48. The molecule has 0 radical (unpaired) electrons. The first-order chi connectivity index (χ1) is 14.4. The van der Waals surface area contributed by atoms with Crippen LogP contribution < -0.4 is 27.4 Å². The predicted octanol–water partition coefficient (Wildman–Crippen LogP) is 0.0938. The number of carboxylic acid groups (broad SMARTS) is 1. The molecule has 10 heteroatoms. The van der Waals surface area contributed by atoms with Gasteiger partial charge in [-0.05, 0) is 51.0 Å². The SMILES string of the molecule is CCC(C)C(NC(=O)C(C)N)C(=O)NC(CCCCN)C(=O)NC(CC(C)C)C(=O)O. The highest BCUT2D eigenvalue weighted by molar-refractivity contribution is 5.94. The number of hydrogen-bond acceptors (Lipinski definition) is 6. The molecule has 0 bridgehead atoms. The van der Waals surface area contributed by atoms with E-state index in [1.165, 1.54) is 6.92 Å². The molecule has 10 nitrogen and oxygen atoms in total. The van der Waals surface area contributed by atoms with Crippen LogP contribution in [0.3, 0.4) is 0 Å². The van der Waals surface area contributed by atoms with Gasteiger partial charge in [-0.25, -0.2) is 4.79 Å². The summed E-state index contributed by atoms with van der Waals surface area (Å²) in [4.78, 5) is 49.4. The third-order valence-electron chi connectivity index (χ3n) is 5.11. The van der Waals surface area contributed by atoms with Crippen molar-refractivity contribution in [2.45, 2.75) is 90.9 Å². The van der Waals surface area contributed by atoms with E-state index < -0.39 is 47.9 Å². The molecular weight excluding hydrogens is 402 g/mol. The van der Waals surface area contributed by atoms with Crippen molar-refractivity contribution < 1.29 is 24.3 Å². The second-order valence-corrected chi connectivity index (χ2v) is 8.54. The van der Waals surface area contributed by atoms with Gasteiger partial charge in [0.15, 0.2) is 0 Å². The zero-order valence-electron chi connectivity index (χ0n) is 19.4. The number of nitrogens with two attached hydrogens (primary N) is 2. The number of rotatable bonds is 15. The summed E-state index contributed by atoms with van der Waals surface area (Å²) in [6.07, 6.45) is 2.43. The van der Waals surface area contributed by atoms with Crippen molar-refractivity contribution in [1.29, 1.82) is 0 Å². The normalized spacial score (nSPS) is 16.0. The fraction of sp³-hybridized carbons (Fsp3) is 0.810. The number of aliphatic carboxylic acids is 1. The van der Waals surface area contributed by atoms with Gasteiger partial charge in [-0.15, -0.1) is 0 Å². The van der Waals surface area contributed by atoms with Crippen LogP contribution in [0, 0.1) is 11.8 Å². The Morgan fingerprint density at radius 2 is 1.45 bits per heavy atom. The predicted molar refractivity (Wildman–Crippen MR) is 119 cm³/mol. The summed E-state index contributed by atoms with van der Waals surface area (Å²) < 4.78 is 0. The molecule has 0 aliphatic rings. The number of amides is 3. The van der Waals surface area contributed by atoms with Crippen LogP contribution in [-0.2, 0) is 19.2 Å². The van der Waals surface area contributed by atoms with E-state index in [0.717, 1.165) is 0 Å². The van der Waals surface area contributed by atoms with E-state index in [9.17, 15) is 24.3 Å². The Bertz CT molecular complexity index is 597. The number of carbonyl (C=O) groups excluding carboxylic acids is 3. The van der Waals surface area contributed by atoms with E-state index in [0.29, 0.717) is 32.2 Å². The maximum absolute atomic E-state index is 13.0. The average molecular weight is 444 g/mol. The average Bonchev–Trinajstić information content (AvgIpc) is 2.69. The van der Waals surface area contributed by atoms with E-state index >= 15 is 0 Å². The van der Waals surface area contributed by atoms with Crippen LogP contribution in [0.1, 0.15) is 66.7 Å². The van der Waals surface area contributed by atoms with Crippen LogP contribution in [0.25, 0.3) is 0 Å². The van der Waals surface area contributed by atoms with Gasteiger partial charge in [0.25, 0.3) is 0 Å². The Labute approximate surface area is 185 Å². The molecular formula is C21H41N5O5. The van der Waals surface area contributed by atoms with Crippen LogP contribution >= 0.6 is 0 Å². The summed E-state index contributed by atoms with van der Waals surface area (Å²) in [6, 6.07) is -3.63. The molecule has 3 amide bonds. The third-order valence-corrected chi connectivity index (χ3v) is 5.11. The summed E-state index contributed by atoms with van der Waals surface area (Å²) >= 11 is 0. The number of carbonyl (C=O) groups is 4. The third kappa shape index (κ3) is 11.1. The van der Waals surface area contributed by atoms with Crippen molar-refractivity contribution in [1.82, 2.24) is 16.0 Å². The highest BCUT2D eigenvalue weighted by Gasteiger charge is 2.31. The molecule has 0 spiro atoms. The number of nitrogens with one attached hydrogen (secondary N) is 3. The van der Waals surface area contributed by atoms with Crippen LogP contribution in [-0.4, -0.2) is 59.5 Å². The zero-order valence-corrected chi connectivity index (χ0v) is 19.4. The quantitative estimate of drug-likeness (QED) is 0.194. The summed E-state index contributed by atoms with van der Waals surface area (Å²) in [5, 5.41) is 17.3. The first-order valence-electron chi connectivity index (χ1n) is 11.0. The lowest BCUT2D eigenvalue weighted by atomic mass is 9.97. The molecule has 5 atom stereocenters. The van der Waals surface area contributed by atoms with Gasteiger partial charge in [-0.3, -0.25) is 14.4 Å². The molecule has 0 saturated carbocycles. The summed E-state index contributed by atoms with van der Waals surface area (Å²) in [5.74, 6) is -2.80. The highest BCUT2D eigenvalue weighted by Crippen LogP contribution is 2.11. The molecule has 180 valence electrons. The Hall–Kier alpha value is -2.20. The molecule has 0 aromatic carbocycles. The summed E-state index contributed by atoms with van der Waals surface area (Å²) in [5.41, 5.74) is 11.1. The molecule has 31 heavy (non-hydrogen) atoms. The van der Waals surface area contributed by atoms with Crippen LogP contribution in [0.2, 0.25) is 0 Å². The lowest BCUT2D eigenvalue weighted by Gasteiger charge is -2.28. The molecule has 0 aromatic rings. The first kappa shape index (κ1) is 28.8. The van der Waals surface area contributed by atoms with Gasteiger partial charge in [0.05, 0.1) is 6.04 Å². The molecule has 5 unspecified atom stereocenters. The standard InChI is InChI=1S/C21H41N5O5/c1-6-13(4)17(26-18(27)14(5)23)20(29)24-15(9-7-8-10-22)19(28)25-16(21(30)31)11-12(2)3/h12-17H,6-11,22-23H2,1-5H3,(H,24,29)(H,25,28)(H,26,27)(H,30,31). The minimum absolute atomic E-state index is 0.0648. The van der Waals surface area contributed by atoms with Crippen molar-refractivity contribution in [3.63, 3.8) is 0 Å². The second kappa shape index (κ2) is 14.7. The van der Waals surface area contributed by atoms with Crippen molar-refractivity contribution in [3.05, 3.63) is 0 Å². The number of hydrogen-bond donors (Lipinski definition) is 6. The Morgan fingerprint density at radius 1 is 0.871 bits per heavy atom.